The molecule has 218 valence electrons. The molecule has 1 aromatic carbocycles. The summed E-state index contributed by atoms with van der Waals surface area (Å²) in [6.07, 6.45) is 11.6. The summed E-state index contributed by atoms with van der Waals surface area (Å²) < 4.78 is 1.93. The number of rotatable bonds is 7. The highest BCUT2D eigenvalue weighted by molar-refractivity contribution is 9.10. The molecule has 1 aliphatic carbocycles. The number of unbranched alkanes of at least 4 members (excludes halogenated alkanes) is 2. The topological polar surface area (TPSA) is 73.7 Å². The van der Waals surface area contributed by atoms with Gasteiger partial charge < -0.3 is 14.9 Å². The van der Waals surface area contributed by atoms with Crippen molar-refractivity contribution in [3.8, 4) is 5.75 Å². The standard InChI is InChI=1S/C30H37Br2N3O3.C2H6/c31-23-16-22-9-8-21-17-24(36)18-25(32)28(21)29(30(22)33-19-23)20-10-14-35(15-11-20)27(38)7-3-1-2-6-26(37)34-12-4-5-13-34;1-2/h16-20,29,36H,1-15H2;1-2H3. The van der Waals surface area contributed by atoms with Crippen LogP contribution in [0, 0.1) is 5.92 Å². The molecule has 0 saturated carbocycles. The van der Waals surface area contributed by atoms with Crippen molar-refractivity contribution in [1.82, 2.24) is 14.8 Å². The smallest absolute Gasteiger partial charge is 0.222 e. The number of halogens is 2. The number of phenolic OH excluding ortho intramolecular Hbond substituents is 1. The van der Waals surface area contributed by atoms with Gasteiger partial charge in [-0.25, -0.2) is 0 Å². The van der Waals surface area contributed by atoms with Gasteiger partial charge in [0.1, 0.15) is 5.75 Å². The van der Waals surface area contributed by atoms with E-state index < -0.39 is 0 Å². The van der Waals surface area contributed by atoms with Crippen molar-refractivity contribution in [2.24, 2.45) is 5.92 Å². The first kappa shape index (κ1) is 31.0. The molecular formula is C32H43Br2N3O3. The van der Waals surface area contributed by atoms with Gasteiger partial charge in [0.25, 0.3) is 0 Å². The van der Waals surface area contributed by atoms with E-state index in [9.17, 15) is 14.7 Å². The predicted molar refractivity (Wildman–Crippen MR) is 167 cm³/mol. The number of aromatic nitrogens is 1. The third-order valence-corrected chi connectivity index (χ3v) is 9.63. The number of piperidine rings is 1. The Morgan fingerprint density at radius 3 is 2.12 bits per heavy atom. The number of fused-ring (bicyclic) bond motifs is 2. The molecule has 1 N–H and O–H groups in total. The maximum atomic E-state index is 13.0. The quantitative estimate of drug-likeness (QED) is 0.311. The Bertz CT molecular complexity index is 1170. The number of pyridine rings is 1. The van der Waals surface area contributed by atoms with E-state index in [1.165, 1.54) is 16.7 Å². The lowest BCUT2D eigenvalue weighted by Gasteiger charge is -2.37. The van der Waals surface area contributed by atoms with E-state index in [1.807, 2.05) is 35.9 Å². The lowest BCUT2D eigenvalue weighted by Crippen LogP contribution is -2.40. The molecule has 40 heavy (non-hydrogen) atoms. The minimum Gasteiger partial charge on any atom is -0.508 e. The molecule has 1 unspecified atom stereocenters. The van der Waals surface area contributed by atoms with Gasteiger partial charge in [0, 0.05) is 60.1 Å². The molecule has 3 aliphatic rings. The van der Waals surface area contributed by atoms with Crippen LogP contribution in [0.15, 0.2) is 33.3 Å². The van der Waals surface area contributed by atoms with E-state index in [0.29, 0.717) is 18.8 Å². The van der Waals surface area contributed by atoms with Gasteiger partial charge in [-0.2, -0.15) is 0 Å². The zero-order valence-corrected chi connectivity index (χ0v) is 27.1. The molecule has 2 aliphatic heterocycles. The van der Waals surface area contributed by atoms with Crippen LogP contribution in [0.3, 0.4) is 0 Å². The van der Waals surface area contributed by atoms with Crippen molar-refractivity contribution in [2.75, 3.05) is 26.2 Å². The summed E-state index contributed by atoms with van der Waals surface area (Å²) in [6.45, 7) is 7.37. The van der Waals surface area contributed by atoms with E-state index in [0.717, 1.165) is 98.6 Å². The Hall–Kier alpha value is -1.93. The maximum Gasteiger partial charge on any atom is 0.222 e. The predicted octanol–water partition coefficient (Wildman–Crippen LogP) is 7.38. The minimum absolute atomic E-state index is 0.135. The Balaban J connectivity index is 0.00000181. The van der Waals surface area contributed by atoms with Gasteiger partial charge in [-0.1, -0.05) is 36.2 Å². The molecule has 0 spiro atoms. The number of amides is 2. The Morgan fingerprint density at radius 1 is 0.875 bits per heavy atom. The largest absolute Gasteiger partial charge is 0.508 e. The fraction of sp³-hybridized carbons (Fsp3) is 0.594. The molecule has 2 fully saturated rings. The van der Waals surface area contributed by atoms with Gasteiger partial charge in [0.15, 0.2) is 0 Å². The lowest BCUT2D eigenvalue weighted by molar-refractivity contribution is -0.132. The van der Waals surface area contributed by atoms with Crippen LogP contribution in [0.2, 0.25) is 0 Å². The summed E-state index contributed by atoms with van der Waals surface area (Å²) in [6, 6.07) is 5.89. The average Bonchev–Trinajstić information content (AvgIpc) is 3.45. The lowest BCUT2D eigenvalue weighted by atomic mass is 9.76. The minimum atomic E-state index is 0.135. The highest BCUT2D eigenvalue weighted by Gasteiger charge is 2.36. The van der Waals surface area contributed by atoms with Gasteiger partial charge in [0.2, 0.25) is 11.8 Å². The molecule has 8 heteroatoms. The summed E-state index contributed by atoms with van der Waals surface area (Å²) >= 11 is 7.35. The van der Waals surface area contributed by atoms with Gasteiger partial charge in [0.05, 0.1) is 5.69 Å². The zero-order valence-electron chi connectivity index (χ0n) is 23.9. The molecule has 6 nitrogen and oxygen atoms in total. The monoisotopic (exact) mass is 675 g/mol. The summed E-state index contributed by atoms with van der Waals surface area (Å²) in [7, 11) is 0. The van der Waals surface area contributed by atoms with Crippen LogP contribution in [0.5, 0.6) is 5.75 Å². The van der Waals surface area contributed by atoms with Crippen LogP contribution in [-0.2, 0) is 22.4 Å². The third kappa shape index (κ3) is 7.47. The van der Waals surface area contributed by atoms with Crippen molar-refractivity contribution in [3.63, 3.8) is 0 Å². The number of phenols is 1. The maximum absolute atomic E-state index is 13.0. The van der Waals surface area contributed by atoms with E-state index >= 15 is 0 Å². The molecule has 0 bridgehead atoms. The highest BCUT2D eigenvalue weighted by atomic mass is 79.9. The second kappa shape index (κ2) is 14.8. The first-order chi connectivity index (χ1) is 19.4. The van der Waals surface area contributed by atoms with Gasteiger partial charge in [-0.15, -0.1) is 0 Å². The number of aromatic hydroxyl groups is 1. The Morgan fingerprint density at radius 2 is 1.48 bits per heavy atom. The van der Waals surface area contributed by atoms with Gasteiger partial charge in [-0.05, 0) is 108 Å². The molecule has 3 heterocycles. The van der Waals surface area contributed by atoms with E-state index in [2.05, 4.69) is 37.9 Å². The Labute approximate surface area is 256 Å². The fourth-order valence-electron chi connectivity index (χ4n) is 6.55. The fourth-order valence-corrected chi connectivity index (χ4v) is 7.66. The second-order valence-corrected chi connectivity index (χ2v) is 12.8. The SMILES string of the molecule is CC.O=C(CCCCCC(=O)N1CCC(C2c3ncc(Br)cc3CCc3cc(O)cc(Br)c32)CC1)N1CCCC1. The molecule has 1 aromatic heterocycles. The van der Waals surface area contributed by atoms with Crippen LogP contribution >= 0.6 is 31.9 Å². The van der Waals surface area contributed by atoms with Crippen molar-refractivity contribution in [3.05, 3.63) is 55.7 Å². The van der Waals surface area contributed by atoms with E-state index in [-0.39, 0.29) is 23.5 Å². The number of likely N-dealkylation sites (tertiary alicyclic amines) is 2. The van der Waals surface area contributed by atoms with Crippen molar-refractivity contribution < 1.29 is 14.7 Å². The molecule has 2 amide bonds. The average molecular weight is 678 g/mol. The first-order valence-electron chi connectivity index (χ1n) is 15.1. The molecule has 2 aromatic rings. The molecule has 1 atom stereocenters. The van der Waals surface area contributed by atoms with Crippen molar-refractivity contribution in [2.45, 2.75) is 90.4 Å². The van der Waals surface area contributed by atoms with Crippen LogP contribution in [0.1, 0.15) is 99.9 Å². The normalized spacial score (nSPS) is 18.9. The molecular weight excluding hydrogens is 634 g/mol. The summed E-state index contributed by atoms with van der Waals surface area (Å²) in [5, 5.41) is 10.3. The zero-order chi connectivity index (χ0) is 28.6. The number of carbonyl (C=O) groups excluding carboxylic acids is 2. The van der Waals surface area contributed by atoms with Crippen molar-refractivity contribution >= 4 is 43.7 Å². The molecule has 2 saturated heterocycles. The van der Waals surface area contributed by atoms with Crippen LogP contribution in [0.25, 0.3) is 0 Å². The van der Waals surface area contributed by atoms with Crippen LogP contribution < -0.4 is 0 Å². The number of benzene rings is 1. The Kier molecular flexibility index (Phi) is 11.5. The summed E-state index contributed by atoms with van der Waals surface area (Å²) in [4.78, 5) is 34.1. The van der Waals surface area contributed by atoms with E-state index in [4.69, 9.17) is 4.98 Å². The number of nitrogens with zero attached hydrogens (tertiary/aromatic N) is 3. The van der Waals surface area contributed by atoms with Gasteiger partial charge in [-0.3, -0.25) is 14.6 Å². The number of hydrogen-bond donors (Lipinski definition) is 1. The van der Waals surface area contributed by atoms with Crippen LogP contribution in [0.4, 0.5) is 0 Å². The van der Waals surface area contributed by atoms with Crippen molar-refractivity contribution in [1.29, 1.82) is 0 Å². The summed E-state index contributed by atoms with van der Waals surface area (Å²) in [5.41, 5.74) is 4.81. The highest BCUT2D eigenvalue weighted by Crippen LogP contribution is 2.46. The first-order valence-corrected chi connectivity index (χ1v) is 16.7. The molecule has 5 rings (SSSR count). The van der Waals surface area contributed by atoms with Gasteiger partial charge >= 0.3 is 0 Å². The molecule has 0 radical (unpaired) electrons. The summed E-state index contributed by atoms with van der Waals surface area (Å²) in [5.74, 6) is 1.32. The van der Waals surface area contributed by atoms with E-state index in [1.54, 1.807) is 6.07 Å². The number of hydrogen-bond acceptors (Lipinski definition) is 4. The number of carbonyl (C=O) groups is 2. The van der Waals surface area contributed by atoms with Crippen LogP contribution in [-0.4, -0.2) is 57.9 Å². The number of aryl methyl sites for hydroxylation is 2. The second-order valence-electron chi connectivity index (χ2n) is 11.0. The third-order valence-electron chi connectivity index (χ3n) is 8.54.